The van der Waals surface area contributed by atoms with E-state index < -0.39 is 17.5 Å². The van der Waals surface area contributed by atoms with Crippen molar-refractivity contribution in [3.63, 3.8) is 0 Å². The van der Waals surface area contributed by atoms with Crippen LogP contribution in [0.25, 0.3) is 0 Å². The maximum absolute atomic E-state index is 11.9. The lowest BCUT2D eigenvalue weighted by Crippen LogP contribution is -2.14. The van der Waals surface area contributed by atoms with E-state index in [4.69, 9.17) is 11.6 Å². The van der Waals surface area contributed by atoms with E-state index in [1.165, 1.54) is 5.51 Å². The van der Waals surface area contributed by atoms with Crippen LogP contribution in [0.15, 0.2) is 11.6 Å². The molecule has 0 unspecified atom stereocenters. The molecule has 2 aromatic rings. The van der Waals surface area contributed by atoms with Crippen LogP contribution in [0.2, 0.25) is 5.02 Å². The second kappa shape index (κ2) is 7.25. The average Bonchev–Trinajstić information content (AvgIpc) is 3.01. The first-order valence-corrected chi connectivity index (χ1v) is 7.57. The van der Waals surface area contributed by atoms with E-state index in [-0.39, 0.29) is 34.9 Å². The summed E-state index contributed by atoms with van der Waals surface area (Å²) in [5.41, 5.74) is 1.41. The van der Waals surface area contributed by atoms with Crippen molar-refractivity contribution in [3.05, 3.63) is 27.7 Å². The van der Waals surface area contributed by atoms with Crippen molar-refractivity contribution in [2.45, 2.75) is 12.8 Å². The van der Waals surface area contributed by atoms with E-state index in [1.54, 1.807) is 0 Å². The van der Waals surface area contributed by atoms with Gasteiger partial charge >= 0.3 is 5.97 Å². The maximum atomic E-state index is 11.9. The summed E-state index contributed by atoms with van der Waals surface area (Å²) in [6, 6.07) is 0.944. The van der Waals surface area contributed by atoms with Crippen molar-refractivity contribution >= 4 is 39.9 Å². The second-order valence-corrected chi connectivity index (χ2v) is 5.58. The predicted molar refractivity (Wildman–Crippen MR) is 83.0 cm³/mol. The summed E-state index contributed by atoms with van der Waals surface area (Å²) in [6.07, 6.45) is -0.0396. The molecular formula is C13H12ClN3O5S. The number of phenols is 2. The zero-order valence-corrected chi connectivity index (χ0v) is 13.4. The van der Waals surface area contributed by atoms with Gasteiger partial charge in [0.15, 0.2) is 0 Å². The number of hydrogen-bond donors (Lipinski definition) is 3. The molecule has 1 aromatic heterocycles. The van der Waals surface area contributed by atoms with Crippen LogP contribution in [0, 0.1) is 0 Å². The minimum Gasteiger partial charge on any atom is -0.507 e. The first-order chi connectivity index (χ1) is 10.9. The largest absolute Gasteiger partial charge is 0.507 e. The highest BCUT2D eigenvalue weighted by atomic mass is 35.5. The quantitative estimate of drug-likeness (QED) is 0.699. The van der Waals surface area contributed by atoms with Crippen LogP contribution in [-0.4, -0.2) is 39.4 Å². The van der Waals surface area contributed by atoms with Gasteiger partial charge in [-0.05, 0) is 12.0 Å². The maximum Gasteiger partial charge on any atom is 0.341 e. The monoisotopic (exact) mass is 357 g/mol. The number of ether oxygens (including phenoxy) is 1. The number of aromatic nitrogens is 2. The Morgan fingerprint density at radius 1 is 1.39 bits per heavy atom. The summed E-state index contributed by atoms with van der Waals surface area (Å²) in [6.45, 7) is 0. The van der Waals surface area contributed by atoms with Gasteiger partial charge in [0.05, 0.1) is 12.1 Å². The SMILES string of the molecule is COC(=O)c1c(O)cc(O)c(Cl)c1CCC(=O)Nc1nncs1. The molecule has 10 heteroatoms. The van der Waals surface area contributed by atoms with Gasteiger partial charge in [-0.1, -0.05) is 22.9 Å². The molecule has 0 aliphatic carbocycles. The number of rotatable bonds is 5. The van der Waals surface area contributed by atoms with E-state index >= 15 is 0 Å². The van der Waals surface area contributed by atoms with Crippen molar-refractivity contribution in [3.8, 4) is 11.5 Å². The molecule has 0 saturated carbocycles. The number of aromatic hydroxyl groups is 2. The number of halogens is 1. The fourth-order valence-electron chi connectivity index (χ4n) is 1.90. The molecule has 23 heavy (non-hydrogen) atoms. The van der Waals surface area contributed by atoms with E-state index in [9.17, 15) is 19.8 Å². The first-order valence-electron chi connectivity index (χ1n) is 6.31. The third kappa shape index (κ3) is 3.88. The van der Waals surface area contributed by atoms with Gasteiger partial charge in [-0.25, -0.2) is 4.79 Å². The molecule has 0 fully saturated rings. The Hall–Kier alpha value is -2.39. The second-order valence-electron chi connectivity index (χ2n) is 4.37. The van der Waals surface area contributed by atoms with Crippen molar-refractivity contribution in [1.29, 1.82) is 0 Å². The van der Waals surface area contributed by atoms with Crippen LogP contribution in [0.3, 0.4) is 0 Å². The number of methoxy groups -OCH3 is 1. The fraction of sp³-hybridized carbons (Fsp3) is 0.231. The Morgan fingerprint density at radius 2 is 2.13 bits per heavy atom. The van der Waals surface area contributed by atoms with Gasteiger partial charge in [0.2, 0.25) is 11.0 Å². The number of carbonyl (C=O) groups is 2. The Balaban J connectivity index is 2.21. The van der Waals surface area contributed by atoms with Gasteiger partial charge in [-0.15, -0.1) is 10.2 Å². The number of benzene rings is 1. The fourth-order valence-corrected chi connectivity index (χ4v) is 2.60. The molecular weight excluding hydrogens is 346 g/mol. The molecule has 0 aliphatic heterocycles. The normalized spacial score (nSPS) is 10.3. The predicted octanol–water partition coefficient (Wildman–Crippen LogP) is 1.96. The van der Waals surface area contributed by atoms with Crippen LogP contribution in [-0.2, 0) is 16.0 Å². The Morgan fingerprint density at radius 3 is 2.74 bits per heavy atom. The standard InChI is InChI=1S/C13H12ClN3O5S/c1-22-12(21)10-6(11(14)8(19)4-7(10)18)2-3-9(20)16-13-17-15-5-23-13/h4-5,18-19H,2-3H2,1H3,(H,16,17,20). The van der Waals surface area contributed by atoms with Gasteiger partial charge in [-0.3, -0.25) is 4.79 Å². The molecule has 1 heterocycles. The zero-order valence-electron chi connectivity index (χ0n) is 11.9. The number of amides is 1. The van der Waals surface area contributed by atoms with Crippen LogP contribution >= 0.6 is 22.9 Å². The number of carbonyl (C=O) groups excluding carboxylic acids is 2. The van der Waals surface area contributed by atoms with E-state index in [0.29, 0.717) is 5.13 Å². The Kier molecular flexibility index (Phi) is 5.35. The highest BCUT2D eigenvalue weighted by Crippen LogP contribution is 2.37. The highest BCUT2D eigenvalue weighted by Gasteiger charge is 2.23. The molecule has 0 aliphatic rings. The van der Waals surface area contributed by atoms with E-state index in [0.717, 1.165) is 24.5 Å². The molecule has 1 amide bonds. The summed E-state index contributed by atoms with van der Waals surface area (Å²) in [7, 11) is 1.15. The molecule has 3 N–H and O–H groups in total. The van der Waals surface area contributed by atoms with Gasteiger partial charge in [0, 0.05) is 12.5 Å². The Bertz CT molecular complexity index is 736. The minimum atomic E-state index is -0.816. The third-order valence-corrected chi connectivity index (χ3v) is 3.95. The minimum absolute atomic E-state index is 0.00979. The topological polar surface area (TPSA) is 122 Å². The smallest absolute Gasteiger partial charge is 0.341 e. The van der Waals surface area contributed by atoms with Crippen molar-refractivity contribution in [2.24, 2.45) is 0 Å². The number of nitrogens with one attached hydrogen (secondary N) is 1. The molecule has 0 bridgehead atoms. The lowest BCUT2D eigenvalue weighted by atomic mass is 10.0. The van der Waals surface area contributed by atoms with Gasteiger partial charge in [-0.2, -0.15) is 0 Å². The summed E-state index contributed by atoms with van der Waals surface area (Å²) in [4.78, 5) is 23.6. The number of nitrogens with zero attached hydrogens (tertiary/aromatic N) is 2. The molecule has 0 spiro atoms. The van der Waals surface area contributed by atoms with Crippen LogP contribution in [0.5, 0.6) is 11.5 Å². The molecule has 2 rings (SSSR count). The molecule has 122 valence electrons. The zero-order chi connectivity index (χ0) is 17.0. The van der Waals surface area contributed by atoms with Crippen molar-refractivity contribution < 1.29 is 24.5 Å². The number of anilines is 1. The average molecular weight is 358 g/mol. The lowest BCUT2D eigenvalue weighted by Gasteiger charge is -2.13. The lowest BCUT2D eigenvalue weighted by molar-refractivity contribution is -0.116. The van der Waals surface area contributed by atoms with Gasteiger partial charge in [0.1, 0.15) is 22.6 Å². The summed E-state index contributed by atoms with van der Waals surface area (Å²) in [5, 5.41) is 29.5. The van der Waals surface area contributed by atoms with Crippen molar-refractivity contribution in [1.82, 2.24) is 10.2 Å². The summed E-state index contributed by atoms with van der Waals surface area (Å²) in [5.74, 6) is -2.06. The Labute approximate surface area is 139 Å². The summed E-state index contributed by atoms with van der Waals surface area (Å²) < 4.78 is 4.59. The number of esters is 1. The molecule has 1 aromatic carbocycles. The van der Waals surface area contributed by atoms with Gasteiger partial charge < -0.3 is 20.3 Å². The molecule has 0 saturated heterocycles. The molecule has 0 radical (unpaired) electrons. The molecule has 0 atom stereocenters. The van der Waals surface area contributed by atoms with Crippen molar-refractivity contribution in [2.75, 3.05) is 12.4 Å². The van der Waals surface area contributed by atoms with Crippen LogP contribution in [0.1, 0.15) is 22.3 Å². The highest BCUT2D eigenvalue weighted by molar-refractivity contribution is 7.13. The summed E-state index contributed by atoms with van der Waals surface area (Å²) >= 11 is 7.14. The van der Waals surface area contributed by atoms with Crippen LogP contribution in [0.4, 0.5) is 5.13 Å². The van der Waals surface area contributed by atoms with Gasteiger partial charge in [0.25, 0.3) is 0 Å². The van der Waals surface area contributed by atoms with E-state index in [1.807, 2.05) is 0 Å². The molecule has 8 nitrogen and oxygen atoms in total. The number of hydrogen-bond acceptors (Lipinski definition) is 8. The first kappa shape index (κ1) is 17.0. The van der Waals surface area contributed by atoms with E-state index in [2.05, 4.69) is 20.3 Å². The number of phenolic OH excluding ortho intramolecular Hbond substituents is 2. The third-order valence-electron chi connectivity index (χ3n) is 2.92. The van der Waals surface area contributed by atoms with Crippen LogP contribution < -0.4 is 5.32 Å².